The molecule has 0 saturated heterocycles. The molecule has 1 aromatic carbocycles. The van der Waals surface area contributed by atoms with Crippen molar-refractivity contribution >= 4 is 11.8 Å². The molecule has 0 aliphatic carbocycles. The van der Waals surface area contributed by atoms with Gasteiger partial charge in [-0.25, -0.2) is 0 Å². The van der Waals surface area contributed by atoms with Crippen LogP contribution in [0.2, 0.25) is 0 Å². The predicted molar refractivity (Wildman–Crippen MR) is 61.3 cm³/mol. The smallest absolute Gasteiger partial charge is 0.303 e. The van der Waals surface area contributed by atoms with Gasteiger partial charge < -0.3 is 5.11 Å². The van der Waals surface area contributed by atoms with Gasteiger partial charge in [0.15, 0.2) is 0 Å². The van der Waals surface area contributed by atoms with Crippen LogP contribution in [0.5, 0.6) is 0 Å². The number of Topliss-reactive ketones (excluding diaryl/α,β-unsaturated/α-hetero) is 1. The zero-order valence-corrected chi connectivity index (χ0v) is 9.56. The van der Waals surface area contributed by atoms with Crippen molar-refractivity contribution in [1.82, 2.24) is 0 Å². The quantitative estimate of drug-likeness (QED) is 0.829. The molecule has 0 aliphatic heterocycles. The normalized spacial score (nSPS) is 14.1. The first-order chi connectivity index (χ1) is 7.47. The van der Waals surface area contributed by atoms with Gasteiger partial charge in [0, 0.05) is 6.42 Å². The average molecular weight is 220 g/mol. The SMILES string of the molecule is CC(=O)C(C)(CCC(=O)O)c1ccccc1. The van der Waals surface area contributed by atoms with E-state index in [1.807, 2.05) is 30.3 Å². The highest BCUT2D eigenvalue weighted by Crippen LogP contribution is 2.29. The third kappa shape index (κ3) is 2.69. The Labute approximate surface area is 95.1 Å². The number of hydrogen-bond donors (Lipinski definition) is 1. The second-order valence-corrected chi connectivity index (χ2v) is 4.15. The third-order valence-electron chi connectivity index (χ3n) is 3.03. The summed E-state index contributed by atoms with van der Waals surface area (Å²) in [6, 6.07) is 9.32. The Morgan fingerprint density at radius 1 is 1.25 bits per heavy atom. The second-order valence-electron chi connectivity index (χ2n) is 4.15. The molecule has 1 aromatic rings. The maximum Gasteiger partial charge on any atom is 0.303 e. The highest BCUT2D eigenvalue weighted by atomic mass is 16.4. The summed E-state index contributed by atoms with van der Waals surface area (Å²) in [7, 11) is 0. The molecule has 3 heteroatoms. The van der Waals surface area contributed by atoms with Gasteiger partial charge in [-0.15, -0.1) is 0 Å². The summed E-state index contributed by atoms with van der Waals surface area (Å²) < 4.78 is 0. The van der Waals surface area contributed by atoms with Gasteiger partial charge in [-0.05, 0) is 25.8 Å². The van der Waals surface area contributed by atoms with E-state index >= 15 is 0 Å². The van der Waals surface area contributed by atoms with Crippen molar-refractivity contribution < 1.29 is 14.7 Å². The molecule has 0 radical (unpaired) electrons. The van der Waals surface area contributed by atoms with Crippen molar-refractivity contribution in [2.45, 2.75) is 32.1 Å². The van der Waals surface area contributed by atoms with E-state index in [9.17, 15) is 9.59 Å². The summed E-state index contributed by atoms with van der Waals surface area (Å²) >= 11 is 0. The lowest BCUT2D eigenvalue weighted by Crippen LogP contribution is -2.31. The summed E-state index contributed by atoms with van der Waals surface area (Å²) in [5.41, 5.74) is 0.184. The minimum Gasteiger partial charge on any atom is -0.481 e. The first-order valence-electron chi connectivity index (χ1n) is 5.25. The van der Waals surface area contributed by atoms with E-state index in [0.717, 1.165) is 5.56 Å². The molecule has 3 nitrogen and oxygen atoms in total. The van der Waals surface area contributed by atoms with Crippen molar-refractivity contribution in [3.05, 3.63) is 35.9 Å². The molecule has 0 fully saturated rings. The van der Waals surface area contributed by atoms with Gasteiger partial charge in [-0.1, -0.05) is 30.3 Å². The Morgan fingerprint density at radius 3 is 2.25 bits per heavy atom. The molecule has 16 heavy (non-hydrogen) atoms. The van der Waals surface area contributed by atoms with Crippen LogP contribution in [0.1, 0.15) is 32.3 Å². The Hall–Kier alpha value is -1.64. The summed E-state index contributed by atoms with van der Waals surface area (Å²) in [6.45, 7) is 3.31. The first-order valence-corrected chi connectivity index (χ1v) is 5.25. The maximum atomic E-state index is 11.7. The summed E-state index contributed by atoms with van der Waals surface area (Å²) in [5, 5.41) is 8.69. The van der Waals surface area contributed by atoms with Crippen molar-refractivity contribution in [3.63, 3.8) is 0 Å². The lowest BCUT2D eigenvalue weighted by molar-refractivity contribution is -0.137. The number of carbonyl (C=O) groups is 2. The van der Waals surface area contributed by atoms with Crippen LogP contribution in [0.4, 0.5) is 0 Å². The number of aliphatic carboxylic acids is 1. The standard InChI is InChI=1S/C13H16O3/c1-10(14)13(2,9-8-12(15)16)11-6-4-3-5-7-11/h3-7H,8-9H2,1-2H3,(H,15,16). The van der Waals surface area contributed by atoms with E-state index in [1.165, 1.54) is 6.92 Å². The molecule has 1 rings (SSSR count). The van der Waals surface area contributed by atoms with E-state index in [4.69, 9.17) is 5.11 Å². The molecule has 1 unspecified atom stereocenters. The van der Waals surface area contributed by atoms with Crippen LogP contribution >= 0.6 is 0 Å². The van der Waals surface area contributed by atoms with E-state index in [1.54, 1.807) is 6.92 Å². The molecule has 86 valence electrons. The Morgan fingerprint density at radius 2 is 1.81 bits per heavy atom. The molecule has 0 aromatic heterocycles. The van der Waals surface area contributed by atoms with Crippen molar-refractivity contribution in [2.24, 2.45) is 0 Å². The monoisotopic (exact) mass is 220 g/mol. The molecule has 0 bridgehead atoms. The maximum absolute atomic E-state index is 11.7. The lowest BCUT2D eigenvalue weighted by Gasteiger charge is -2.26. The second kappa shape index (κ2) is 4.92. The molecule has 1 N–H and O–H groups in total. The molecular weight excluding hydrogens is 204 g/mol. The van der Waals surface area contributed by atoms with Crippen LogP contribution in [0.15, 0.2) is 30.3 Å². The van der Waals surface area contributed by atoms with Crippen molar-refractivity contribution in [1.29, 1.82) is 0 Å². The zero-order valence-electron chi connectivity index (χ0n) is 9.56. The fourth-order valence-electron chi connectivity index (χ4n) is 1.69. The molecule has 1 atom stereocenters. The Balaban J connectivity index is 2.98. The van der Waals surface area contributed by atoms with Gasteiger partial charge in [0.1, 0.15) is 5.78 Å². The largest absolute Gasteiger partial charge is 0.481 e. The third-order valence-corrected chi connectivity index (χ3v) is 3.03. The molecular formula is C13H16O3. The van der Waals surface area contributed by atoms with Crippen LogP contribution < -0.4 is 0 Å². The molecule has 0 spiro atoms. The summed E-state index contributed by atoms with van der Waals surface area (Å²) in [6.07, 6.45) is 0.340. The van der Waals surface area contributed by atoms with E-state index in [2.05, 4.69) is 0 Å². The van der Waals surface area contributed by atoms with Gasteiger partial charge in [-0.3, -0.25) is 9.59 Å². The van der Waals surface area contributed by atoms with Gasteiger partial charge in [0.2, 0.25) is 0 Å². The van der Waals surface area contributed by atoms with E-state index < -0.39 is 11.4 Å². The van der Waals surface area contributed by atoms with Crippen LogP contribution in [0.3, 0.4) is 0 Å². The zero-order chi connectivity index (χ0) is 12.2. The van der Waals surface area contributed by atoms with Crippen molar-refractivity contribution in [3.8, 4) is 0 Å². The number of carboxylic acid groups (broad SMARTS) is 1. The van der Waals surface area contributed by atoms with Crippen molar-refractivity contribution in [2.75, 3.05) is 0 Å². The minimum atomic E-state index is -0.872. The first kappa shape index (κ1) is 12.4. The van der Waals surface area contributed by atoms with Crippen LogP contribution in [-0.2, 0) is 15.0 Å². The van der Waals surface area contributed by atoms with Gasteiger partial charge in [0.25, 0.3) is 0 Å². The Kier molecular flexibility index (Phi) is 3.82. The molecule has 0 aliphatic rings. The van der Waals surface area contributed by atoms with Gasteiger partial charge >= 0.3 is 5.97 Å². The average Bonchev–Trinajstić information content (AvgIpc) is 2.26. The summed E-state index contributed by atoms with van der Waals surface area (Å²) in [5.74, 6) is -0.872. The number of benzene rings is 1. The predicted octanol–water partition coefficient (Wildman–Crippen LogP) is 2.40. The fourth-order valence-corrected chi connectivity index (χ4v) is 1.69. The van der Waals surface area contributed by atoms with Crippen LogP contribution in [0.25, 0.3) is 0 Å². The van der Waals surface area contributed by atoms with Gasteiger partial charge in [0.05, 0.1) is 5.41 Å². The number of ketones is 1. The number of hydrogen-bond acceptors (Lipinski definition) is 2. The van der Waals surface area contributed by atoms with Crippen LogP contribution in [0, 0.1) is 0 Å². The Bertz CT molecular complexity index is 383. The topological polar surface area (TPSA) is 54.4 Å². The number of carbonyl (C=O) groups excluding carboxylic acids is 1. The minimum absolute atomic E-state index is 0.0000463. The molecule has 0 saturated carbocycles. The number of carboxylic acids is 1. The number of rotatable bonds is 5. The lowest BCUT2D eigenvalue weighted by atomic mass is 9.75. The van der Waals surface area contributed by atoms with Gasteiger partial charge in [-0.2, -0.15) is 0 Å². The highest BCUT2D eigenvalue weighted by Gasteiger charge is 2.32. The summed E-state index contributed by atoms with van der Waals surface area (Å²) in [4.78, 5) is 22.3. The highest BCUT2D eigenvalue weighted by molar-refractivity contribution is 5.88. The molecule has 0 amide bonds. The van der Waals surface area contributed by atoms with Crippen LogP contribution in [-0.4, -0.2) is 16.9 Å². The fraction of sp³-hybridized carbons (Fsp3) is 0.385. The molecule has 0 heterocycles. The van der Waals surface area contributed by atoms with E-state index in [-0.39, 0.29) is 12.2 Å². The van der Waals surface area contributed by atoms with E-state index in [0.29, 0.717) is 6.42 Å².